The van der Waals surface area contributed by atoms with Crippen LogP contribution in [0.2, 0.25) is 0 Å². The van der Waals surface area contributed by atoms with E-state index in [0.717, 1.165) is 11.1 Å². The number of benzene rings is 1. The number of aromatic nitrogens is 2. The first kappa shape index (κ1) is 18.8. The minimum atomic E-state index is -3.66. The van der Waals surface area contributed by atoms with Crippen molar-refractivity contribution in [1.82, 2.24) is 14.3 Å². The van der Waals surface area contributed by atoms with Gasteiger partial charge in [-0.1, -0.05) is 24.6 Å². The van der Waals surface area contributed by atoms with Gasteiger partial charge in [0.25, 0.3) is 15.9 Å². The molecule has 0 unspecified atom stereocenters. The molecule has 0 aliphatic carbocycles. The number of hydrogen-bond donors (Lipinski definition) is 1. The maximum Gasteiger partial charge on any atom is 0.267 e. The van der Waals surface area contributed by atoms with Gasteiger partial charge in [-0.25, -0.2) is 12.4 Å². The summed E-state index contributed by atoms with van der Waals surface area (Å²) in [5, 5.41) is 2.94. The van der Waals surface area contributed by atoms with Crippen LogP contribution < -0.4 is 5.32 Å². The maximum atomic E-state index is 12.8. The number of carbonyl (C=O) groups excluding carboxylic acids is 1. The summed E-state index contributed by atoms with van der Waals surface area (Å²) in [4.78, 5) is 16.5. The van der Waals surface area contributed by atoms with Gasteiger partial charge in [0.15, 0.2) is 0 Å². The van der Waals surface area contributed by atoms with Crippen LogP contribution in [0.25, 0.3) is 0 Å². The molecule has 1 N–H and O–H groups in total. The van der Waals surface area contributed by atoms with Crippen molar-refractivity contribution in [2.45, 2.75) is 31.2 Å². The zero-order valence-corrected chi connectivity index (χ0v) is 16.0. The van der Waals surface area contributed by atoms with Gasteiger partial charge in [0.05, 0.1) is 10.9 Å². The van der Waals surface area contributed by atoms with Crippen LogP contribution in [0.5, 0.6) is 0 Å². The Labute approximate surface area is 158 Å². The van der Waals surface area contributed by atoms with Crippen molar-refractivity contribution in [3.63, 3.8) is 0 Å². The number of carbonyl (C=O) groups is 1. The predicted octanol–water partition coefficient (Wildman–Crippen LogP) is 3.31. The van der Waals surface area contributed by atoms with Crippen LogP contribution in [0.4, 0.5) is 0 Å². The molecule has 3 rings (SSSR count). The Bertz CT molecular complexity index is 1030. The van der Waals surface area contributed by atoms with E-state index in [1.54, 1.807) is 61.1 Å². The van der Waals surface area contributed by atoms with Crippen LogP contribution in [0.15, 0.2) is 72.1 Å². The smallest absolute Gasteiger partial charge is 0.267 e. The van der Waals surface area contributed by atoms with Crippen molar-refractivity contribution in [1.29, 1.82) is 0 Å². The molecule has 27 heavy (non-hydrogen) atoms. The molecule has 1 atom stereocenters. The van der Waals surface area contributed by atoms with Crippen LogP contribution >= 0.6 is 0 Å². The topological polar surface area (TPSA) is 81.1 Å². The molecule has 0 fully saturated rings. The van der Waals surface area contributed by atoms with Crippen molar-refractivity contribution in [3.05, 3.63) is 83.9 Å². The highest BCUT2D eigenvalue weighted by atomic mass is 32.2. The Kier molecular flexibility index (Phi) is 5.41. The van der Waals surface area contributed by atoms with E-state index in [1.807, 2.05) is 13.8 Å². The number of pyridine rings is 1. The Balaban J connectivity index is 1.83. The van der Waals surface area contributed by atoms with Gasteiger partial charge in [-0.05, 0) is 49.2 Å². The van der Waals surface area contributed by atoms with E-state index in [2.05, 4.69) is 10.3 Å². The van der Waals surface area contributed by atoms with Crippen LogP contribution in [-0.2, 0) is 10.0 Å². The summed E-state index contributed by atoms with van der Waals surface area (Å²) in [6.07, 6.45) is 6.80. The molecule has 7 heteroatoms. The van der Waals surface area contributed by atoms with E-state index < -0.39 is 10.0 Å². The summed E-state index contributed by atoms with van der Waals surface area (Å²) in [5.41, 5.74) is 2.23. The first-order valence-electron chi connectivity index (χ1n) is 8.63. The van der Waals surface area contributed by atoms with Crippen LogP contribution in [0.3, 0.4) is 0 Å². The second kappa shape index (κ2) is 7.75. The Morgan fingerprint density at radius 2 is 1.78 bits per heavy atom. The Morgan fingerprint density at radius 3 is 2.41 bits per heavy atom. The lowest BCUT2D eigenvalue weighted by Gasteiger charge is -2.16. The summed E-state index contributed by atoms with van der Waals surface area (Å²) in [5.74, 6) is -0.224. The quantitative estimate of drug-likeness (QED) is 0.708. The third-order valence-corrected chi connectivity index (χ3v) is 6.00. The second-order valence-corrected chi connectivity index (χ2v) is 8.11. The lowest BCUT2D eigenvalue weighted by Crippen LogP contribution is -2.28. The van der Waals surface area contributed by atoms with E-state index >= 15 is 0 Å². The molecule has 6 nitrogen and oxygen atoms in total. The number of amides is 1. The molecule has 2 heterocycles. The number of nitrogens with one attached hydrogen (secondary N) is 1. The van der Waals surface area contributed by atoms with Crippen molar-refractivity contribution >= 4 is 15.9 Å². The number of hydrogen-bond acceptors (Lipinski definition) is 4. The van der Waals surface area contributed by atoms with Gasteiger partial charge in [0, 0.05) is 30.4 Å². The third kappa shape index (κ3) is 4.09. The average molecular weight is 383 g/mol. The van der Waals surface area contributed by atoms with E-state index in [4.69, 9.17) is 0 Å². The van der Waals surface area contributed by atoms with Gasteiger partial charge in [-0.15, -0.1) is 0 Å². The minimum Gasteiger partial charge on any atom is -0.345 e. The number of nitrogens with zero attached hydrogens (tertiary/aromatic N) is 2. The van der Waals surface area contributed by atoms with Gasteiger partial charge in [0.2, 0.25) is 0 Å². The predicted molar refractivity (Wildman–Crippen MR) is 103 cm³/mol. The highest BCUT2D eigenvalue weighted by molar-refractivity contribution is 7.90. The molecule has 0 bridgehead atoms. The lowest BCUT2D eigenvalue weighted by molar-refractivity contribution is 0.0935. The molecule has 0 aliphatic heterocycles. The zero-order chi connectivity index (χ0) is 19.4. The van der Waals surface area contributed by atoms with E-state index in [1.165, 1.54) is 10.2 Å². The fraction of sp³-hybridized carbons (Fsp3) is 0.200. The standard InChI is InChI=1S/C20H21N3O3S/c1-3-19(22-20(24)16-8-11-21-12-9-16)17-10-13-23(14-17)27(25,26)18-6-4-15(2)5-7-18/h4-14,19H,3H2,1-2H3,(H,22,24)/t19-/m1/s1. The Morgan fingerprint density at radius 1 is 1.11 bits per heavy atom. The van der Waals surface area contributed by atoms with Gasteiger partial charge in [0.1, 0.15) is 0 Å². The van der Waals surface area contributed by atoms with Gasteiger partial charge in [-0.3, -0.25) is 9.78 Å². The normalized spacial score (nSPS) is 12.5. The van der Waals surface area contributed by atoms with Crippen LogP contribution in [-0.4, -0.2) is 23.3 Å². The molecule has 1 aromatic carbocycles. The summed E-state index contributed by atoms with van der Waals surface area (Å²) >= 11 is 0. The monoisotopic (exact) mass is 383 g/mol. The summed E-state index contributed by atoms with van der Waals surface area (Å²) in [6.45, 7) is 3.84. The summed E-state index contributed by atoms with van der Waals surface area (Å²) < 4.78 is 26.8. The molecule has 0 aliphatic rings. The highest BCUT2D eigenvalue weighted by Crippen LogP contribution is 2.21. The van der Waals surface area contributed by atoms with Crippen molar-refractivity contribution in [3.8, 4) is 0 Å². The summed E-state index contributed by atoms with van der Waals surface area (Å²) in [6, 6.07) is 11.4. The SMILES string of the molecule is CC[C@@H](NC(=O)c1ccncc1)c1ccn(S(=O)(=O)c2ccc(C)cc2)c1. The molecular formula is C20H21N3O3S. The Hall–Kier alpha value is -2.93. The molecule has 1 amide bonds. The first-order chi connectivity index (χ1) is 12.9. The molecule has 3 aromatic rings. The second-order valence-electron chi connectivity index (χ2n) is 6.26. The molecule has 0 radical (unpaired) electrons. The van der Waals surface area contributed by atoms with Crippen LogP contribution in [0, 0.1) is 6.92 Å². The van der Waals surface area contributed by atoms with E-state index in [9.17, 15) is 13.2 Å². The van der Waals surface area contributed by atoms with E-state index in [-0.39, 0.29) is 16.8 Å². The molecule has 0 spiro atoms. The molecule has 0 saturated heterocycles. The van der Waals surface area contributed by atoms with Crippen molar-refractivity contribution in [2.75, 3.05) is 0 Å². The summed E-state index contributed by atoms with van der Waals surface area (Å²) in [7, 11) is -3.66. The van der Waals surface area contributed by atoms with Gasteiger partial charge < -0.3 is 5.32 Å². The zero-order valence-electron chi connectivity index (χ0n) is 15.2. The average Bonchev–Trinajstić information content (AvgIpc) is 3.18. The first-order valence-corrected chi connectivity index (χ1v) is 10.1. The third-order valence-electron chi connectivity index (χ3n) is 4.35. The minimum absolute atomic E-state index is 0.224. The molecule has 0 saturated carbocycles. The lowest BCUT2D eigenvalue weighted by atomic mass is 10.1. The fourth-order valence-corrected chi connectivity index (χ4v) is 3.95. The van der Waals surface area contributed by atoms with Crippen molar-refractivity contribution < 1.29 is 13.2 Å². The number of rotatable bonds is 6. The molecular weight excluding hydrogens is 362 g/mol. The van der Waals surface area contributed by atoms with Crippen LogP contribution in [0.1, 0.15) is 40.9 Å². The van der Waals surface area contributed by atoms with Gasteiger partial charge in [-0.2, -0.15) is 0 Å². The fourth-order valence-electron chi connectivity index (χ4n) is 2.75. The molecule has 140 valence electrons. The van der Waals surface area contributed by atoms with Crippen molar-refractivity contribution in [2.24, 2.45) is 0 Å². The van der Waals surface area contributed by atoms with Gasteiger partial charge >= 0.3 is 0 Å². The van der Waals surface area contributed by atoms with E-state index in [0.29, 0.717) is 12.0 Å². The number of aryl methyl sites for hydroxylation is 1. The highest BCUT2D eigenvalue weighted by Gasteiger charge is 2.20. The molecule has 2 aromatic heterocycles. The largest absolute Gasteiger partial charge is 0.345 e. The maximum absolute atomic E-state index is 12.8.